The molecule has 0 radical (unpaired) electrons. The Morgan fingerprint density at radius 3 is 2.12 bits per heavy atom. The van der Waals surface area contributed by atoms with Crippen LogP contribution in [-0.2, 0) is 9.59 Å². The fourth-order valence-corrected chi connectivity index (χ4v) is 5.40. The van der Waals surface area contributed by atoms with Crippen molar-refractivity contribution < 1.29 is 14.7 Å². The van der Waals surface area contributed by atoms with E-state index in [0.29, 0.717) is 11.6 Å². The second-order valence-electron chi connectivity index (χ2n) is 8.18. The van der Waals surface area contributed by atoms with Gasteiger partial charge in [0, 0.05) is 10.2 Å². The van der Waals surface area contributed by atoms with Crippen LogP contribution in [0.2, 0.25) is 0 Å². The van der Waals surface area contributed by atoms with Crippen molar-refractivity contribution in [3.05, 3.63) is 28.7 Å². The van der Waals surface area contributed by atoms with Crippen molar-refractivity contribution in [2.75, 3.05) is 5.32 Å². The molecule has 4 nitrogen and oxygen atoms in total. The van der Waals surface area contributed by atoms with Gasteiger partial charge >= 0.3 is 5.97 Å². The molecule has 2 bridgehead atoms. The van der Waals surface area contributed by atoms with Crippen molar-refractivity contribution in [2.24, 2.45) is 35.0 Å². The summed E-state index contributed by atoms with van der Waals surface area (Å²) < 4.78 is 0.941. The van der Waals surface area contributed by atoms with Crippen LogP contribution < -0.4 is 5.32 Å². The Hall–Kier alpha value is -1.36. The normalized spacial score (nSPS) is 31.9. The molecule has 2 aliphatic rings. The van der Waals surface area contributed by atoms with Gasteiger partial charge in [-0.3, -0.25) is 9.59 Å². The Balaban J connectivity index is 1.86. The summed E-state index contributed by atoms with van der Waals surface area (Å²) in [6, 6.07) is 7.38. The molecule has 1 aromatic carbocycles. The Kier molecular flexibility index (Phi) is 4.49. The summed E-state index contributed by atoms with van der Waals surface area (Å²) in [5.41, 5.74) is 0.731. The maximum absolute atomic E-state index is 12.9. The first-order valence-corrected chi connectivity index (χ1v) is 9.28. The van der Waals surface area contributed by atoms with Crippen LogP contribution in [0.25, 0.3) is 0 Å². The van der Waals surface area contributed by atoms with Gasteiger partial charge in [-0.05, 0) is 60.3 Å². The third-order valence-electron chi connectivity index (χ3n) is 5.76. The lowest BCUT2D eigenvalue weighted by Crippen LogP contribution is -2.37. The predicted molar refractivity (Wildman–Crippen MR) is 96.5 cm³/mol. The zero-order valence-corrected chi connectivity index (χ0v) is 15.8. The number of carboxylic acids is 1. The first-order valence-electron chi connectivity index (χ1n) is 8.49. The average molecular weight is 394 g/mol. The number of anilines is 1. The van der Waals surface area contributed by atoms with Crippen LogP contribution in [0, 0.1) is 35.0 Å². The van der Waals surface area contributed by atoms with E-state index < -0.39 is 17.8 Å². The number of amides is 1. The first kappa shape index (κ1) is 17.5. The highest BCUT2D eigenvalue weighted by Gasteiger charge is 2.62. The SMILES string of the molecule is CC(C)(C)C1C2CCC1C(C(=O)Nc1ccc(Br)cc1)C2C(=O)O. The summed E-state index contributed by atoms with van der Waals surface area (Å²) in [6.45, 7) is 6.49. The Labute approximate surface area is 151 Å². The second kappa shape index (κ2) is 6.17. The third kappa shape index (κ3) is 2.99. The lowest BCUT2D eigenvalue weighted by molar-refractivity contribution is -0.148. The van der Waals surface area contributed by atoms with Crippen molar-refractivity contribution in [2.45, 2.75) is 33.6 Å². The van der Waals surface area contributed by atoms with E-state index in [4.69, 9.17) is 0 Å². The van der Waals surface area contributed by atoms with Gasteiger partial charge in [-0.25, -0.2) is 0 Å². The van der Waals surface area contributed by atoms with E-state index in [0.717, 1.165) is 17.3 Å². The molecule has 3 rings (SSSR count). The minimum Gasteiger partial charge on any atom is -0.481 e. The number of carbonyl (C=O) groups excluding carboxylic acids is 1. The summed E-state index contributed by atoms with van der Waals surface area (Å²) in [6.07, 6.45) is 1.88. The van der Waals surface area contributed by atoms with Gasteiger partial charge in [0.05, 0.1) is 11.8 Å². The molecule has 0 aliphatic heterocycles. The van der Waals surface area contributed by atoms with Gasteiger partial charge in [0.1, 0.15) is 0 Å². The molecule has 1 aromatic rings. The van der Waals surface area contributed by atoms with Crippen molar-refractivity contribution in [1.29, 1.82) is 0 Å². The van der Waals surface area contributed by atoms with Gasteiger partial charge in [0.2, 0.25) is 5.91 Å². The highest BCUT2D eigenvalue weighted by molar-refractivity contribution is 9.10. The summed E-state index contributed by atoms with van der Waals surface area (Å²) in [5.74, 6) is -1.42. The zero-order chi connectivity index (χ0) is 17.6. The van der Waals surface area contributed by atoms with Crippen LogP contribution in [0.15, 0.2) is 28.7 Å². The van der Waals surface area contributed by atoms with Crippen LogP contribution in [0.1, 0.15) is 33.6 Å². The maximum atomic E-state index is 12.9. The number of benzene rings is 1. The Bertz CT molecular complexity index is 650. The number of carboxylic acid groups (broad SMARTS) is 1. The summed E-state index contributed by atoms with van der Waals surface area (Å²) >= 11 is 3.37. The molecule has 5 unspecified atom stereocenters. The molecule has 5 atom stereocenters. The van der Waals surface area contributed by atoms with Gasteiger partial charge < -0.3 is 10.4 Å². The van der Waals surface area contributed by atoms with E-state index in [-0.39, 0.29) is 23.2 Å². The van der Waals surface area contributed by atoms with Gasteiger partial charge in [0.25, 0.3) is 0 Å². The predicted octanol–water partition coefficient (Wildman–Crippen LogP) is 4.41. The molecule has 0 heterocycles. The Morgan fingerprint density at radius 2 is 1.62 bits per heavy atom. The second-order valence-corrected chi connectivity index (χ2v) is 9.10. The van der Waals surface area contributed by atoms with E-state index >= 15 is 0 Å². The Morgan fingerprint density at radius 1 is 1.08 bits per heavy atom. The summed E-state index contributed by atoms with van der Waals surface area (Å²) in [7, 11) is 0. The van der Waals surface area contributed by atoms with Crippen molar-refractivity contribution in [3.8, 4) is 0 Å². The van der Waals surface area contributed by atoms with Crippen molar-refractivity contribution in [3.63, 3.8) is 0 Å². The topological polar surface area (TPSA) is 66.4 Å². The number of fused-ring (bicyclic) bond motifs is 2. The highest BCUT2D eigenvalue weighted by atomic mass is 79.9. The maximum Gasteiger partial charge on any atom is 0.307 e. The quantitative estimate of drug-likeness (QED) is 0.798. The lowest BCUT2D eigenvalue weighted by Gasteiger charge is -2.31. The molecular formula is C19H24BrNO3. The molecule has 2 N–H and O–H groups in total. The number of hydrogen-bond acceptors (Lipinski definition) is 2. The highest BCUT2D eigenvalue weighted by Crippen LogP contribution is 2.61. The summed E-state index contributed by atoms with van der Waals surface area (Å²) in [5, 5.41) is 12.7. The average Bonchev–Trinajstić information content (AvgIpc) is 3.05. The van der Waals surface area contributed by atoms with E-state index in [9.17, 15) is 14.7 Å². The number of carbonyl (C=O) groups is 2. The molecular weight excluding hydrogens is 370 g/mol. The number of aliphatic carboxylic acids is 1. The molecule has 24 heavy (non-hydrogen) atoms. The van der Waals surface area contributed by atoms with Gasteiger partial charge in [0.15, 0.2) is 0 Å². The van der Waals surface area contributed by atoms with Crippen LogP contribution in [0.5, 0.6) is 0 Å². The molecule has 2 aliphatic carbocycles. The minimum atomic E-state index is -0.826. The number of hydrogen-bond donors (Lipinski definition) is 2. The molecule has 5 heteroatoms. The molecule has 2 saturated carbocycles. The van der Waals surface area contributed by atoms with E-state index in [2.05, 4.69) is 42.0 Å². The van der Waals surface area contributed by atoms with E-state index in [1.165, 1.54) is 0 Å². The van der Waals surface area contributed by atoms with Crippen LogP contribution in [0.3, 0.4) is 0 Å². The van der Waals surface area contributed by atoms with E-state index in [1.54, 1.807) is 0 Å². The number of nitrogens with one attached hydrogen (secondary N) is 1. The standard InChI is InChI=1S/C19H24BrNO3/c1-19(2,3)16-12-8-9-13(16)15(18(23)24)14(12)17(22)21-11-6-4-10(20)5-7-11/h4-7,12-16H,8-9H2,1-3H3,(H,21,22)(H,23,24). The first-order chi connectivity index (χ1) is 11.2. The number of halogens is 1. The summed E-state index contributed by atoms with van der Waals surface area (Å²) in [4.78, 5) is 24.8. The monoisotopic (exact) mass is 393 g/mol. The van der Waals surface area contributed by atoms with Gasteiger partial charge in [-0.15, -0.1) is 0 Å². The molecule has 0 saturated heterocycles. The fraction of sp³-hybridized carbons (Fsp3) is 0.579. The minimum absolute atomic E-state index is 0.0200. The number of rotatable bonds is 3. The van der Waals surface area contributed by atoms with Gasteiger partial charge in [-0.2, -0.15) is 0 Å². The molecule has 0 aromatic heterocycles. The van der Waals surface area contributed by atoms with Crippen LogP contribution in [0.4, 0.5) is 5.69 Å². The molecule has 2 fully saturated rings. The van der Waals surface area contributed by atoms with Gasteiger partial charge in [-0.1, -0.05) is 36.7 Å². The zero-order valence-electron chi connectivity index (χ0n) is 14.3. The van der Waals surface area contributed by atoms with Crippen LogP contribution >= 0.6 is 15.9 Å². The fourth-order valence-electron chi connectivity index (χ4n) is 5.14. The van der Waals surface area contributed by atoms with E-state index in [1.807, 2.05) is 24.3 Å². The van der Waals surface area contributed by atoms with Crippen molar-refractivity contribution in [1.82, 2.24) is 0 Å². The molecule has 130 valence electrons. The molecule has 0 spiro atoms. The van der Waals surface area contributed by atoms with Crippen molar-refractivity contribution >= 4 is 33.5 Å². The third-order valence-corrected chi connectivity index (χ3v) is 6.29. The smallest absolute Gasteiger partial charge is 0.307 e. The largest absolute Gasteiger partial charge is 0.481 e. The lowest BCUT2D eigenvalue weighted by atomic mass is 9.73. The van der Waals surface area contributed by atoms with Crippen LogP contribution in [-0.4, -0.2) is 17.0 Å². The molecule has 1 amide bonds.